The number of hydrogen-bond donors (Lipinski definition) is 1. The lowest BCUT2D eigenvalue weighted by atomic mass is 10.1. The lowest BCUT2D eigenvalue weighted by Gasteiger charge is -1.94. The summed E-state index contributed by atoms with van der Waals surface area (Å²) in [6, 6.07) is 12.6. The molecule has 2 aromatic rings. The molecule has 76 valence electrons. The van der Waals surface area contributed by atoms with Crippen molar-refractivity contribution in [3.8, 4) is 11.1 Å². The first-order valence-corrected chi connectivity index (χ1v) is 5.78. The van der Waals surface area contributed by atoms with Crippen LogP contribution in [-0.2, 0) is 0 Å². The van der Waals surface area contributed by atoms with E-state index in [-0.39, 0.29) is 0 Å². The van der Waals surface area contributed by atoms with Gasteiger partial charge in [0, 0.05) is 11.4 Å². The van der Waals surface area contributed by atoms with Gasteiger partial charge in [-0.25, -0.2) is 0 Å². The van der Waals surface area contributed by atoms with Gasteiger partial charge in [0.25, 0.3) is 0 Å². The van der Waals surface area contributed by atoms with E-state index in [2.05, 4.69) is 41.8 Å². The third kappa shape index (κ3) is 2.55. The van der Waals surface area contributed by atoms with Gasteiger partial charge in [0.1, 0.15) is 0 Å². The molecule has 0 amide bonds. The van der Waals surface area contributed by atoms with Crippen LogP contribution in [0.2, 0.25) is 0 Å². The van der Waals surface area contributed by atoms with E-state index in [0.717, 1.165) is 0 Å². The van der Waals surface area contributed by atoms with Gasteiger partial charge >= 0.3 is 0 Å². The predicted molar refractivity (Wildman–Crippen MR) is 67.8 cm³/mol. The number of nitrogens with two attached hydrogens (primary N) is 1. The van der Waals surface area contributed by atoms with Crippen LogP contribution in [-0.4, -0.2) is 6.54 Å². The molecule has 1 aromatic carbocycles. The monoisotopic (exact) mass is 215 g/mol. The first-order chi connectivity index (χ1) is 7.40. The normalized spacial score (nSPS) is 11.0. The zero-order valence-electron chi connectivity index (χ0n) is 8.39. The Bertz CT molecular complexity index is 443. The van der Waals surface area contributed by atoms with Crippen molar-refractivity contribution in [2.24, 2.45) is 5.73 Å². The van der Waals surface area contributed by atoms with Crippen molar-refractivity contribution in [3.63, 3.8) is 0 Å². The molecule has 1 heterocycles. The van der Waals surface area contributed by atoms with Crippen LogP contribution >= 0.6 is 11.3 Å². The van der Waals surface area contributed by atoms with Crippen molar-refractivity contribution >= 4 is 17.4 Å². The Labute approximate surface area is 93.9 Å². The Balaban J connectivity index is 2.24. The molecule has 0 spiro atoms. The van der Waals surface area contributed by atoms with Crippen LogP contribution in [0.3, 0.4) is 0 Å². The maximum Gasteiger partial charge on any atom is 0.0273 e. The molecule has 0 atom stereocenters. The molecule has 1 nitrogen and oxygen atoms in total. The fraction of sp³-hybridized carbons (Fsp3) is 0.0769. The Morgan fingerprint density at radius 3 is 2.67 bits per heavy atom. The van der Waals surface area contributed by atoms with Gasteiger partial charge in [-0.2, -0.15) is 0 Å². The minimum Gasteiger partial charge on any atom is -0.327 e. The molecule has 0 aliphatic heterocycles. The number of hydrogen-bond acceptors (Lipinski definition) is 2. The van der Waals surface area contributed by atoms with Crippen LogP contribution in [0.1, 0.15) is 4.88 Å². The van der Waals surface area contributed by atoms with Crippen LogP contribution in [0.5, 0.6) is 0 Å². The zero-order chi connectivity index (χ0) is 10.5. The molecule has 15 heavy (non-hydrogen) atoms. The number of rotatable bonds is 3. The highest BCUT2D eigenvalue weighted by Gasteiger charge is 1.98. The van der Waals surface area contributed by atoms with Gasteiger partial charge in [0.15, 0.2) is 0 Å². The molecule has 2 N–H and O–H groups in total. The summed E-state index contributed by atoms with van der Waals surface area (Å²) in [5.41, 5.74) is 7.95. The molecule has 1 aromatic heterocycles. The molecule has 0 aliphatic rings. The maximum atomic E-state index is 5.41. The van der Waals surface area contributed by atoms with Crippen molar-refractivity contribution in [1.82, 2.24) is 0 Å². The molecule has 0 aliphatic carbocycles. The Morgan fingerprint density at radius 1 is 1.13 bits per heavy atom. The number of thiophene rings is 1. The SMILES string of the molecule is NCC=Cc1cc(-c2ccccc2)cs1. The van der Waals surface area contributed by atoms with E-state index >= 15 is 0 Å². The van der Waals surface area contributed by atoms with E-state index in [1.54, 1.807) is 11.3 Å². The molecule has 2 heteroatoms. The van der Waals surface area contributed by atoms with E-state index < -0.39 is 0 Å². The third-order valence-electron chi connectivity index (χ3n) is 2.15. The van der Waals surface area contributed by atoms with Gasteiger partial charge in [-0.15, -0.1) is 11.3 Å². The van der Waals surface area contributed by atoms with E-state index in [1.165, 1.54) is 16.0 Å². The van der Waals surface area contributed by atoms with Crippen molar-refractivity contribution < 1.29 is 0 Å². The van der Waals surface area contributed by atoms with Gasteiger partial charge in [0.05, 0.1) is 0 Å². The molecule has 0 fully saturated rings. The first kappa shape index (κ1) is 10.1. The summed E-state index contributed by atoms with van der Waals surface area (Å²) in [4.78, 5) is 1.25. The molecular weight excluding hydrogens is 202 g/mol. The van der Waals surface area contributed by atoms with Gasteiger partial charge in [-0.1, -0.05) is 36.4 Å². The van der Waals surface area contributed by atoms with Gasteiger partial charge in [-0.05, 0) is 28.6 Å². The Hall–Kier alpha value is -1.38. The highest BCUT2D eigenvalue weighted by molar-refractivity contribution is 7.11. The van der Waals surface area contributed by atoms with Crippen LogP contribution < -0.4 is 5.73 Å². The standard InChI is InChI=1S/C13H13NS/c14-8-4-7-13-9-12(10-15-13)11-5-2-1-3-6-11/h1-7,9-10H,8,14H2. The molecular formula is C13H13NS. The Kier molecular flexibility index (Phi) is 3.33. The fourth-order valence-corrected chi connectivity index (χ4v) is 2.24. The summed E-state index contributed by atoms with van der Waals surface area (Å²) in [6.07, 6.45) is 4.04. The topological polar surface area (TPSA) is 26.0 Å². The smallest absolute Gasteiger partial charge is 0.0273 e. The van der Waals surface area contributed by atoms with Gasteiger partial charge in [0.2, 0.25) is 0 Å². The summed E-state index contributed by atoms with van der Waals surface area (Å²) in [5, 5.41) is 2.17. The van der Waals surface area contributed by atoms with Crippen molar-refractivity contribution in [1.29, 1.82) is 0 Å². The molecule has 0 unspecified atom stereocenters. The average molecular weight is 215 g/mol. The number of benzene rings is 1. The second-order valence-electron chi connectivity index (χ2n) is 3.24. The largest absolute Gasteiger partial charge is 0.327 e. The minimum absolute atomic E-state index is 0.596. The molecule has 0 radical (unpaired) electrons. The van der Waals surface area contributed by atoms with Gasteiger partial charge in [-0.3, -0.25) is 0 Å². The summed E-state index contributed by atoms with van der Waals surface area (Å²) < 4.78 is 0. The molecule has 2 rings (SSSR count). The second kappa shape index (κ2) is 4.91. The first-order valence-electron chi connectivity index (χ1n) is 4.91. The second-order valence-corrected chi connectivity index (χ2v) is 4.18. The van der Waals surface area contributed by atoms with Gasteiger partial charge < -0.3 is 5.73 Å². The average Bonchev–Trinajstić information content (AvgIpc) is 2.76. The maximum absolute atomic E-state index is 5.41. The summed E-state index contributed by atoms with van der Waals surface area (Å²) >= 11 is 1.74. The summed E-state index contributed by atoms with van der Waals surface area (Å²) in [7, 11) is 0. The fourth-order valence-electron chi connectivity index (χ4n) is 1.41. The van der Waals surface area contributed by atoms with E-state index in [9.17, 15) is 0 Å². The minimum atomic E-state index is 0.596. The van der Waals surface area contributed by atoms with E-state index in [0.29, 0.717) is 6.54 Å². The van der Waals surface area contributed by atoms with Crippen molar-refractivity contribution in [2.75, 3.05) is 6.54 Å². The summed E-state index contributed by atoms with van der Waals surface area (Å²) in [6.45, 7) is 0.596. The molecule has 0 saturated heterocycles. The predicted octanol–water partition coefficient (Wildman–Crippen LogP) is 3.39. The quantitative estimate of drug-likeness (QED) is 0.834. The molecule has 0 saturated carbocycles. The van der Waals surface area contributed by atoms with Crippen molar-refractivity contribution in [3.05, 3.63) is 52.7 Å². The van der Waals surface area contributed by atoms with E-state index in [1.807, 2.05) is 12.1 Å². The lowest BCUT2D eigenvalue weighted by molar-refractivity contribution is 1.26. The zero-order valence-corrected chi connectivity index (χ0v) is 9.21. The Morgan fingerprint density at radius 2 is 1.93 bits per heavy atom. The van der Waals surface area contributed by atoms with Crippen LogP contribution in [0.4, 0.5) is 0 Å². The molecule has 0 bridgehead atoms. The van der Waals surface area contributed by atoms with Crippen molar-refractivity contribution in [2.45, 2.75) is 0 Å². The highest BCUT2D eigenvalue weighted by atomic mass is 32.1. The lowest BCUT2D eigenvalue weighted by Crippen LogP contribution is -1.91. The van der Waals surface area contributed by atoms with Crippen LogP contribution in [0.25, 0.3) is 17.2 Å². The van der Waals surface area contributed by atoms with Crippen LogP contribution in [0.15, 0.2) is 47.9 Å². The highest BCUT2D eigenvalue weighted by Crippen LogP contribution is 2.25. The van der Waals surface area contributed by atoms with Crippen LogP contribution in [0, 0.1) is 0 Å². The third-order valence-corrected chi connectivity index (χ3v) is 3.04. The summed E-state index contributed by atoms with van der Waals surface area (Å²) in [5.74, 6) is 0. The van der Waals surface area contributed by atoms with E-state index in [4.69, 9.17) is 5.73 Å².